The van der Waals surface area contributed by atoms with Crippen LogP contribution in [0.5, 0.6) is 0 Å². The average molecular weight is 366 g/mol. The van der Waals surface area contributed by atoms with Gasteiger partial charge in [0.25, 0.3) is 0 Å². The Hall–Kier alpha value is -2.63. The van der Waals surface area contributed by atoms with E-state index in [0.29, 0.717) is 0 Å². The van der Waals surface area contributed by atoms with Gasteiger partial charge in [-0.25, -0.2) is 4.98 Å². The van der Waals surface area contributed by atoms with Crippen molar-refractivity contribution in [2.75, 3.05) is 18.4 Å². The van der Waals surface area contributed by atoms with Crippen molar-refractivity contribution in [2.45, 2.75) is 38.5 Å². The molecule has 2 fully saturated rings. The molecule has 1 aromatic carbocycles. The monoisotopic (exact) mass is 366 g/mol. The largest absolute Gasteiger partial charge is 0.345 e. The van der Waals surface area contributed by atoms with Gasteiger partial charge in [-0.2, -0.15) is 0 Å². The van der Waals surface area contributed by atoms with E-state index in [9.17, 15) is 9.59 Å². The fraction of sp³-hybridized carbons (Fsp3) is 0.476. The number of nitrogens with one attached hydrogen (secondary N) is 2. The van der Waals surface area contributed by atoms with Crippen molar-refractivity contribution in [1.82, 2.24) is 14.9 Å². The first-order valence-corrected chi connectivity index (χ1v) is 9.91. The molecule has 6 heteroatoms. The zero-order chi connectivity index (χ0) is 18.6. The van der Waals surface area contributed by atoms with E-state index in [-0.39, 0.29) is 23.7 Å². The highest BCUT2D eigenvalue weighted by atomic mass is 16.2. The molecule has 1 aliphatic heterocycles. The second kappa shape index (κ2) is 7.94. The highest BCUT2D eigenvalue weighted by molar-refractivity contribution is 5.96. The molecule has 2 amide bonds. The minimum atomic E-state index is -0.234. The zero-order valence-corrected chi connectivity index (χ0v) is 15.5. The van der Waals surface area contributed by atoms with Crippen LogP contribution in [0.25, 0.3) is 11.3 Å². The van der Waals surface area contributed by atoms with E-state index in [1.807, 2.05) is 29.2 Å². The van der Waals surface area contributed by atoms with E-state index >= 15 is 0 Å². The predicted octanol–water partition coefficient (Wildman–Crippen LogP) is 3.44. The first kappa shape index (κ1) is 17.8. The Labute approximate surface area is 159 Å². The lowest BCUT2D eigenvalue weighted by molar-refractivity contribution is -0.141. The Morgan fingerprint density at radius 2 is 1.85 bits per heavy atom. The molecule has 1 aliphatic carbocycles. The van der Waals surface area contributed by atoms with Gasteiger partial charge in [-0.05, 0) is 37.8 Å². The minimum absolute atomic E-state index is 0.0333. The van der Waals surface area contributed by atoms with Gasteiger partial charge < -0.3 is 15.2 Å². The smallest absolute Gasteiger partial charge is 0.228 e. The molecule has 0 radical (unpaired) electrons. The van der Waals surface area contributed by atoms with Gasteiger partial charge in [-0.15, -0.1) is 0 Å². The maximum Gasteiger partial charge on any atom is 0.228 e. The van der Waals surface area contributed by atoms with Gasteiger partial charge in [-0.3, -0.25) is 9.59 Å². The second-order valence-corrected chi connectivity index (χ2v) is 7.57. The molecule has 6 nitrogen and oxygen atoms in total. The topological polar surface area (TPSA) is 78.1 Å². The minimum Gasteiger partial charge on any atom is -0.345 e. The van der Waals surface area contributed by atoms with Crippen LogP contribution in [0.15, 0.2) is 36.8 Å². The highest BCUT2D eigenvalue weighted by Gasteiger charge is 2.38. The van der Waals surface area contributed by atoms with E-state index in [2.05, 4.69) is 15.3 Å². The molecule has 4 rings (SSSR count). The number of aromatic amines is 1. The lowest BCUT2D eigenvalue weighted by Gasteiger charge is -2.32. The van der Waals surface area contributed by atoms with Crippen LogP contribution in [0.1, 0.15) is 38.5 Å². The number of hydrogen-bond acceptors (Lipinski definition) is 3. The summed E-state index contributed by atoms with van der Waals surface area (Å²) in [5.41, 5.74) is 2.63. The summed E-state index contributed by atoms with van der Waals surface area (Å²) in [6.45, 7) is 1.69. The number of imidazole rings is 1. The predicted molar refractivity (Wildman–Crippen MR) is 104 cm³/mol. The van der Waals surface area contributed by atoms with Crippen LogP contribution in [0.3, 0.4) is 0 Å². The van der Waals surface area contributed by atoms with Crippen molar-refractivity contribution < 1.29 is 9.59 Å². The van der Waals surface area contributed by atoms with Crippen molar-refractivity contribution in [1.29, 1.82) is 0 Å². The molecule has 2 N–H and O–H groups in total. The van der Waals surface area contributed by atoms with E-state index < -0.39 is 0 Å². The van der Waals surface area contributed by atoms with Crippen molar-refractivity contribution in [2.24, 2.45) is 11.8 Å². The normalized spacial score (nSPS) is 22.6. The number of amides is 2. The van der Waals surface area contributed by atoms with E-state index in [0.717, 1.165) is 68.6 Å². The Balaban J connectivity index is 1.47. The van der Waals surface area contributed by atoms with Gasteiger partial charge in [0.1, 0.15) is 0 Å². The molecular weight excluding hydrogens is 340 g/mol. The van der Waals surface area contributed by atoms with E-state index in [4.69, 9.17) is 0 Å². The molecule has 0 spiro atoms. The van der Waals surface area contributed by atoms with E-state index in [1.54, 1.807) is 12.5 Å². The fourth-order valence-electron chi connectivity index (χ4n) is 4.33. The number of benzene rings is 1. The molecule has 2 aliphatic rings. The van der Waals surface area contributed by atoms with Crippen LogP contribution in [-0.2, 0) is 9.59 Å². The molecule has 2 atom stereocenters. The summed E-state index contributed by atoms with van der Waals surface area (Å²) in [4.78, 5) is 35.0. The lowest BCUT2D eigenvalue weighted by atomic mass is 9.77. The molecule has 0 unspecified atom stereocenters. The Kier molecular flexibility index (Phi) is 5.23. The van der Waals surface area contributed by atoms with Gasteiger partial charge in [-0.1, -0.05) is 25.0 Å². The summed E-state index contributed by atoms with van der Waals surface area (Å²) in [7, 11) is 0. The first-order valence-electron chi connectivity index (χ1n) is 9.91. The maximum atomic E-state index is 13.0. The van der Waals surface area contributed by atoms with Crippen LogP contribution in [0, 0.1) is 11.8 Å². The van der Waals surface area contributed by atoms with E-state index in [1.165, 1.54) is 0 Å². The number of anilines is 1. The number of rotatable bonds is 4. The highest BCUT2D eigenvalue weighted by Crippen LogP contribution is 2.33. The quantitative estimate of drug-likeness (QED) is 0.870. The van der Waals surface area contributed by atoms with Gasteiger partial charge in [0.05, 0.1) is 18.2 Å². The van der Waals surface area contributed by atoms with Crippen molar-refractivity contribution in [3.63, 3.8) is 0 Å². The number of carbonyl (C=O) groups excluding carboxylic acids is 2. The first-order chi connectivity index (χ1) is 13.2. The van der Waals surface area contributed by atoms with Gasteiger partial charge in [0.15, 0.2) is 0 Å². The van der Waals surface area contributed by atoms with Gasteiger partial charge in [0.2, 0.25) is 11.8 Å². The molecular formula is C21H26N4O2. The molecule has 142 valence electrons. The van der Waals surface area contributed by atoms with Gasteiger partial charge in [0, 0.05) is 36.2 Å². The Morgan fingerprint density at radius 1 is 1.07 bits per heavy atom. The number of aromatic nitrogens is 2. The van der Waals surface area contributed by atoms with Crippen molar-refractivity contribution in [3.8, 4) is 11.3 Å². The number of H-pyrrole nitrogens is 1. The van der Waals surface area contributed by atoms with Crippen LogP contribution in [-0.4, -0.2) is 39.8 Å². The third-order valence-corrected chi connectivity index (χ3v) is 5.78. The summed E-state index contributed by atoms with van der Waals surface area (Å²) in [6.07, 6.45) is 9.20. The summed E-state index contributed by atoms with van der Waals surface area (Å²) in [6, 6.07) is 7.71. The molecule has 2 aromatic rings. The summed E-state index contributed by atoms with van der Waals surface area (Å²) >= 11 is 0. The third kappa shape index (κ3) is 3.89. The van der Waals surface area contributed by atoms with Crippen LogP contribution in [0.2, 0.25) is 0 Å². The molecule has 2 heterocycles. The number of hydrogen-bond donors (Lipinski definition) is 2. The fourth-order valence-corrected chi connectivity index (χ4v) is 4.33. The van der Waals surface area contributed by atoms with Crippen LogP contribution in [0.4, 0.5) is 5.69 Å². The van der Waals surface area contributed by atoms with Crippen molar-refractivity contribution in [3.05, 3.63) is 36.8 Å². The Bertz CT molecular complexity index is 796. The number of likely N-dealkylation sites (tertiary alicyclic amines) is 1. The zero-order valence-electron chi connectivity index (χ0n) is 15.5. The molecule has 1 aromatic heterocycles. The Morgan fingerprint density at radius 3 is 2.59 bits per heavy atom. The standard InChI is InChI=1S/C21H26N4O2/c26-20(24-16-7-5-6-15(12-16)19-13-22-14-23-19)17-8-1-2-9-18(17)21(27)25-10-3-4-11-25/h5-7,12-14,17-18H,1-4,8-11H2,(H,22,23)(H,24,26)/t17-,18+/m0/s1. The summed E-state index contributed by atoms with van der Waals surface area (Å²) in [5, 5.41) is 3.05. The number of nitrogens with zero attached hydrogens (tertiary/aromatic N) is 2. The van der Waals surface area contributed by atoms with Crippen molar-refractivity contribution >= 4 is 17.5 Å². The second-order valence-electron chi connectivity index (χ2n) is 7.57. The molecule has 0 bridgehead atoms. The van der Waals surface area contributed by atoms with Crippen LogP contribution >= 0.6 is 0 Å². The summed E-state index contributed by atoms with van der Waals surface area (Å²) < 4.78 is 0. The molecule has 27 heavy (non-hydrogen) atoms. The molecule has 1 saturated heterocycles. The van der Waals surface area contributed by atoms with Crippen LogP contribution < -0.4 is 5.32 Å². The number of carbonyl (C=O) groups is 2. The SMILES string of the molecule is O=C(Nc1cccc(-c2cnc[nH]2)c1)[C@H]1CCCC[C@H]1C(=O)N1CCCC1. The third-order valence-electron chi connectivity index (χ3n) is 5.78. The molecule has 1 saturated carbocycles. The van der Waals surface area contributed by atoms with Gasteiger partial charge >= 0.3 is 0 Å². The maximum absolute atomic E-state index is 13.0. The summed E-state index contributed by atoms with van der Waals surface area (Å²) in [5.74, 6) is -0.261. The average Bonchev–Trinajstić information content (AvgIpc) is 3.41. The lowest BCUT2D eigenvalue weighted by Crippen LogP contribution is -2.42.